The third-order valence-electron chi connectivity index (χ3n) is 2.83. The maximum Gasteiger partial charge on any atom is 0.323 e. The van der Waals surface area contributed by atoms with Gasteiger partial charge in [0.15, 0.2) is 0 Å². The first-order valence-electron chi connectivity index (χ1n) is 6.13. The predicted octanol–water partition coefficient (Wildman–Crippen LogP) is 0.833. The van der Waals surface area contributed by atoms with Crippen molar-refractivity contribution >= 4 is 11.9 Å². The van der Waals surface area contributed by atoms with E-state index in [1.54, 1.807) is 0 Å². The van der Waals surface area contributed by atoms with Crippen molar-refractivity contribution in [1.82, 2.24) is 15.0 Å². The Bertz CT molecular complexity index is 406. The van der Waals surface area contributed by atoms with Crippen molar-refractivity contribution < 1.29 is 9.47 Å². The zero-order valence-electron chi connectivity index (χ0n) is 10.8. The van der Waals surface area contributed by atoms with Crippen molar-refractivity contribution in [1.29, 1.82) is 0 Å². The van der Waals surface area contributed by atoms with E-state index in [4.69, 9.17) is 15.2 Å². The molecule has 18 heavy (non-hydrogen) atoms. The number of nitrogens with zero attached hydrogens (tertiary/aromatic N) is 3. The highest BCUT2D eigenvalue weighted by atomic mass is 16.5. The number of nitrogen functional groups attached to an aromatic ring is 1. The van der Waals surface area contributed by atoms with Crippen LogP contribution in [0.1, 0.15) is 26.7 Å². The number of nitrogens with two attached hydrogens (primary N) is 1. The molecule has 1 saturated heterocycles. The molecule has 0 aromatic carbocycles. The maximum absolute atomic E-state index is 5.67. The van der Waals surface area contributed by atoms with E-state index < -0.39 is 0 Å². The van der Waals surface area contributed by atoms with Crippen LogP contribution in [0.25, 0.3) is 0 Å². The first kappa shape index (κ1) is 12.8. The second kappa shape index (κ2) is 5.34. The lowest BCUT2D eigenvalue weighted by Crippen LogP contribution is -2.33. The van der Waals surface area contributed by atoms with Gasteiger partial charge in [-0.1, -0.05) is 0 Å². The molecule has 0 spiro atoms. The quantitative estimate of drug-likeness (QED) is 0.802. The van der Waals surface area contributed by atoms with Gasteiger partial charge in [0.25, 0.3) is 0 Å². The highest BCUT2D eigenvalue weighted by Crippen LogP contribution is 2.25. The molecular formula is C11H19N5O2. The van der Waals surface area contributed by atoms with E-state index in [0.717, 1.165) is 19.4 Å². The maximum atomic E-state index is 5.67. The minimum absolute atomic E-state index is 0.147. The molecule has 2 heterocycles. The molecule has 2 rings (SSSR count). The van der Waals surface area contributed by atoms with E-state index >= 15 is 0 Å². The second-order valence-electron chi connectivity index (χ2n) is 4.49. The van der Waals surface area contributed by atoms with Gasteiger partial charge in [-0.3, -0.25) is 0 Å². The number of hydrogen-bond donors (Lipinski definition) is 2. The number of anilines is 2. The third-order valence-corrected chi connectivity index (χ3v) is 2.83. The van der Waals surface area contributed by atoms with E-state index in [2.05, 4.69) is 27.2 Å². The second-order valence-corrected chi connectivity index (χ2v) is 4.49. The van der Waals surface area contributed by atoms with Gasteiger partial charge in [0.05, 0.1) is 12.2 Å². The fraction of sp³-hybridized carbons (Fsp3) is 0.727. The van der Waals surface area contributed by atoms with E-state index in [1.807, 2.05) is 6.92 Å². The average molecular weight is 253 g/mol. The SMILES string of the molecule is CCOc1nc(N)nc(NCC2(C)CCCO2)n1. The van der Waals surface area contributed by atoms with Gasteiger partial charge in [-0.15, -0.1) is 0 Å². The van der Waals surface area contributed by atoms with Crippen LogP contribution in [0.3, 0.4) is 0 Å². The zero-order chi connectivity index (χ0) is 13.0. The van der Waals surface area contributed by atoms with Crippen LogP contribution in [0.4, 0.5) is 11.9 Å². The summed E-state index contributed by atoms with van der Waals surface area (Å²) in [7, 11) is 0. The number of nitrogens with one attached hydrogen (secondary N) is 1. The number of ether oxygens (including phenoxy) is 2. The van der Waals surface area contributed by atoms with Gasteiger partial charge in [-0.05, 0) is 26.7 Å². The minimum atomic E-state index is -0.160. The lowest BCUT2D eigenvalue weighted by molar-refractivity contribution is 0.0314. The van der Waals surface area contributed by atoms with E-state index in [1.165, 1.54) is 0 Å². The van der Waals surface area contributed by atoms with Crippen molar-refractivity contribution in [2.75, 3.05) is 30.8 Å². The molecule has 0 radical (unpaired) electrons. The van der Waals surface area contributed by atoms with Gasteiger partial charge < -0.3 is 20.5 Å². The lowest BCUT2D eigenvalue weighted by atomic mass is 10.0. The van der Waals surface area contributed by atoms with Crippen LogP contribution >= 0.6 is 0 Å². The molecule has 0 bridgehead atoms. The molecule has 1 unspecified atom stereocenters. The van der Waals surface area contributed by atoms with Crippen LogP contribution in [-0.2, 0) is 4.74 Å². The van der Waals surface area contributed by atoms with Gasteiger partial charge >= 0.3 is 6.01 Å². The van der Waals surface area contributed by atoms with Crippen LogP contribution in [0.2, 0.25) is 0 Å². The molecule has 1 aliphatic rings. The monoisotopic (exact) mass is 253 g/mol. The van der Waals surface area contributed by atoms with E-state index in [0.29, 0.717) is 19.1 Å². The van der Waals surface area contributed by atoms with Gasteiger partial charge in [0, 0.05) is 13.2 Å². The molecule has 7 heteroatoms. The van der Waals surface area contributed by atoms with Crippen molar-refractivity contribution in [3.63, 3.8) is 0 Å². The number of hydrogen-bond acceptors (Lipinski definition) is 7. The van der Waals surface area contributed by atoms with E-state index in [-0.39, 0.29) is 17.6 Å². The summed E-state index contributed by atoms with van der Waals surface area (Å²) in [4.78, 5) is 12.0. The highest BCUT2D eigenvalue weighted by molar-refractivity contribution is 5.33. The summed E-state index contributed by atoms with van der Waals surface area (Å²) in [6.07, 6.45) is 2.11. The van der Waals surface area contributed by atoms with Crippen molar-refractivity contribution in [2.45, 2.75) is 32.3 Å². The fourth-order valence-electron chi connectivity index (χ4n) is 1.89. The Balaban J connectivity index is 2.00. The van der Waals surface area contributed by atoms with Crippen molar-refractivity contribution in [2.24, 2.45) is 0 Å². The molecule has 100 valence electrons. The van der Waals surface area contributed by atoms with Crippen LogP contribution in [0.5, 0.6) is 6.01 Å². The van der Waals surface area contributed by atoms with Gasteiger partial charge in [0.2, 0.25) is 11.9 Å². The summed E-state index contributed by atoms with van der Waals surface area (Å²) in [5.74, 6) is 0.566. The van der Waals surface area contributed by atoms with Gasteiger partial charge in [-0.25, -0.2) is 0 Å². The average Bonchev–Trinajstić information content (AvgIpc) is 2.74. The molecule has 1 aromatic rings. The summed E-state index contributed by atoms with van der Waals surface area (Å²) in [5.41, 5.74) is 5.43. The minimum Gasteiger partial charge on any atom is -0.464 e. The van der Waals surface area contributed by atoms with Crippen LogP contribution in [0, 0.1) is 0 Å². The third kappa shape index (κ3) is 3.19. The Labute approximate surface area is 106 Å². The lowest BCUT2D eigenvalue weighted by Gasteiger charge is -2.23. The molecule has 3 N–H and O–H groups in total. The first-order valence-corrected chi connectivity index (χ1v) is 6.13. The highest BCUT2D eigenvalue weighted by Gasteiger charge is 2.29. The molecule has 7 nitrogen and oxygen atoms in total. The van der Waals surface area contributed by atoms with Crippen LogP contribution < -0.4 is 15.8 Å². The molecule has 1 fully saturated rings. The van der Waals surface area contributed by atoms with Gasteiger partial charge in [-0.2, -0.15) is 15.0 Å². The molecule has 0 aliphatic carbocycles. The zero-order valence-corrected chi connectivity index (χ0v) is 10.8. The summed E-state index contributed by atoms with van der Waals surface area (Å²) < 4.78 is 10.9. The van der Waals surface area contributed by atoms with Gasteiger partial charge in [0.1, 0.15) is 0 Å². The summed E-state index contributed by atoms with van der Waals surface area (Å²) in [6.45, 7) is 5.87. The normalized spacial score (nSPS) is 23.0. The Hall–Kier alpha value is -1.63. The van der Waals surface area contributed by atoms with Crippen molar-refractivity contribution in [3.05, 3.63) is 0 Å². The Morgan fingerprint density at radius 3 is 2.94 bits per heavy atom. The molecule has 1 aliphatic heterocycles. The topological polar surface area (TPSA) is 95.2 Å². The molecular weight excluding hydrogens is 234 g/mol. The summed E-state index contributed by atoms with van der Waals surface area (Å²) in [5, 5.41) is 3.12. The molecule has 1 atom stereocenters. The largest absolute Gasteiger partial charge is 0.464 e. The van der Waals surface area contributed by atoms with Crippen molar-refractivity contribution in [3.8, 4) is 6.01 Å². The standard InChI is InChI=1S/C11H19N5O2/c1-3-17-10-15-8(12)14-9(16-10)13-7-11(2)5-4-6-18-11/h3-7H2,1-2H3,(H3,12,13,14,15,16). The molecule has 0 saturated carbocycles. The Kier molecular flexibility index (Phi) is 3.81. The Morgan fingerprint density at radius 1 is 1.44 bits per heavy atom. The molecule has 1 aromatic heterocycles. The van der Waals surface area contributed by atoms with Crippen LogP contribution in [-0.4, -0.2) is 40.3 Å². The first-order chi connectivity index (χ1) is 8.61. The number of rotatable bonds is 5. The number of aromatic nitrogens is 3. The summed E-state index contributed by atoms with van der Waals surface area (Å²) >= 11 is 0. The Morgan fingerprint density at radius 2 is 2.28 bits per heavy atom. The summed E-state index contributed by atoms with van der Waals surface area (Å²) in [6, 6.07) is 0.241. The fourth-order valence-corrected chi connectivity index (χ4v) is 1.89. The molecule has 0 amide bonds. The van der Waals surface area contributed by atoms with Crippen LogP contribution in [0.15, 0.2) is 0 Å². The smallest absolute Gasteiger partial charge is 0.323 e. The predicted molar refractivity (Wildman–Crippen MR) is 67.5 cm³/mol. The van der Waals surface area contributed by atoms with E-state index in [9.17, 15) is 0 Å².